The van der Waals surface area contributed by atoms with Crippen LogP contribution in [-0.2, 0) is 19.4 Å². The SMILES string of the molecule is O=C1NC(=O)C([C@H]2CCS(=O)(=O)C2)C(=O)N1. The molecule has 4 amide bonds. The van der Waals surface area contributed by atoms with Gasteiger partial charge in [-0.15, -0.1) is 0 Å². The Balaban J connectivity index is 2.18. The second-order valence-electron chi connectivity index (χ2n) is 3.95. The number of nitrogens with one attached hydrogen (secondary N) is 2. The maximum absolute atomic E-state index is 11.4. The average Bonchev–Trinajstić information content (AvgIpc) is 2.44. The maximum atomic E-state index is 11.4. The van der Waals surface area contributed by atoms with Crippen LogP contribution in [0.1, 0.15) is 6.42 Å². The van der Waals surface area contributed by atoms with E-state index in [1.54, 1.807) is 0 Å². The van der Waals surface area contributed by atoms with Crippen LogP contribution < -0.4 is 10.6 Å². The fraction of sp³-hybridized carbons (Fsp3) is 0.625. The predicted octanol–water partition coefficient (Wildman–Crippen LogP) is -1.60. The van der Waals surface area contributed by atoms with Gasteiger partial charge >= 0.3 is 6.03 Å². The summed E-state index contributed by atoms with van der Waals surface area (Å²) in [5, 5.41) is 3.92. The van der Waals surface area contributed by atoms with Crippen LogP contribution in [0.15, 0.2) is 0 Å². The summed E-state index contributed by atoms with van der Waals surface area (Å²) in [4.78, 5) is 33.6. The van der Waals surface area contributed by atoms with E-state index in [9.17, 15) is 22.8 Å². The predicted molar refractivity (Wildman–Crippen MR) is 51.9 cm³/mol. The molecule has 2 aliphatic heterocycles. The van der Waals surface area contributed by atoms with E-state index in [1.165, 1.54) is 0 Å². The number of barbiturate groups is 1. The first-order valence-corrected chi connectivity index (χ1v) is 6.57. The summed E-state index contributed by atoms with van der Waals surface area (Å²) in [6.07, 6.45) is 0.280. The normalized spacial score (nSPS) is 30.0. The highest BCUT2D eigenvalue weighted by atomic mass is 32.2. The fourth-order valence-electron chi connectivity index (χ4n) is 2.04. The number of carbonyl (C=O) groups is 3. The molecule has 2 N–H and O–H groups in total. The summed E-state index contributed by atoms with van der Waals surface area (Å²) in [7, 11) is -3.15. The van der Waals surface area contributed by atoms with Crippen LogP contribution in [0.3, 0.4) is 0 Å². The first kappa shape index (κ1) is 11.1. The Morgan fingerprint density at radius 1 is 1.06 bits per heavy atom. The molecule has 0 radical (unpaired) electrons. The maximum Gasteiger partial charge on any atom is 0.328 e. The van der Waals surface area contributed by atoms with Gasteiger partial charge in [-0.25, -0.2) is 13.2 Å². The van der Waals surface area contributed by atoms with Gasteiger partial charge in [-0.05, 0) is 12.3 Å². The molecule has 8 heteroatoms. The number of imide groups is 2. The zero-order valence-electron chi connectivity index (χ0n) is 8.23. The number of carbonyl (C=O) groups excluding carboxylic acids is 3. The molecule has 0 aromatic heterocycles. The minimum absolute atomic E-state index is 0.0112. The highest BCUT2D eigenvalue weighted by Crippen LogP contribution is 2.27. The Labute approximate surface area is 91.5 Å². The van der Waals surface area contributed by atoms with Gasteiger partial charge in [0, 0.05) is 0 Å². The van der Waals surface area contributed by atoms with Gasteiger partial charge in [0.05, 0.1) is 11.5 Å². The molecule has 7 nitrogen and oxygen atoms in total. The number of amides is 4. The van der Waals surface area contributed by atoms with Gasteiger partial charge in [0.1, 0.15) is 5.92 Å². The molecule has 0 spiro atoms. The Kier molecular flexibility index (Phi) is 2.45. The van der Waals surface area contributed by atoms with Gasteiger partial charge in [0.15, 0.2) is 9.84 Å². The number of urea groups is 1. The quantitative estimate of drug-likeness (QED) is 0.542. The monoisotopic (exact) mass is 246 g/mol. The topological polar surface area (TPSA) is 109 Å². The minimum atomic E-state index is -3.15. The lowest BCUT2D eigenvalue weighted by molar-refractivity contribution is -0.137. The van der Waals surface area contributed by atoms with Crippen LogP contribution in [0.5, 0.6) is 0 Å². The second-order valence-corrected chi connectivity index (χ2v) is 6.18. The van der Waals surface area contributed by atoms with Crippen molar-refractivity contribution in [1.29, 1.82) is 0 Å². The van der Waals surface area contributed by atoms with Crippen molar-refractivity contribution in [2.45, 2.75) is 6.42 Å². The van der Waals surface area contributed by atoms with Crippen LogP contribution in [0.25, 0.3) is 0 Å². The van der Waals surface area contributed by atoms with Crippen molar-refractivity contribution < 1.29 is 22.8 Å². The summed E-state index contributed by atoms with van der Waals surface area (Å²) in [6, 6.07) is -0.855. The van der Waals surface area contributed by atoms with E-state index in [-0.39, 0.29) is 17.9 Å². The van der Waals surface area contributed by atoms with E-state index in [0.717, 1.165) is 0 Å². The van der Waals surface area contributed by atoms with Crippen LogP contribution in [0.2, 0.25) is 0 Å². The fourth-order valence-corrected chi connectivity index (χ4v) is 3.88. The van der Waals surface area contributed by atoms with Gasteiger partial charge in [-0.3, -0.25) is 20.2 Å². The smallest absolute Gasteiger partial charge is 0.277 e. The Hall–Kier alpha value is -1.44. The molecule has 1 atom stereocenters. The van der Waals surface area contributed by atoms with E-state index in [1.807, 2.05) is 10.6 Å². The molecule has 16 heavy (non-hydrogen) atoms. The molecule has 0 bridgehead atoms. The standard InChI is InChI=1S/C8H10N2O5S/c11-6-5(7(12)10-8(13)9-6)4-1-2-16(14,15)3-4/h4-5H,1-3H2,(H2,9,10,11,12,13)/t4-/m0/s1. The molecule has 0 saturated carbocycles. The third-order valence-corrected chi connectivity index (χ3v) is 4.57. The van der Waals surface area contributed by atoms with E-state index >= 15 is 0 Å². The zero-order valence-corrected chi connectivity index (χ0v) is 9.04. The van der Waals surface area contributed by atoms with Crippen LogP contribution >= 0.6 is 0 Å². The number of hydrogen-bond donors (Lipinski definition) is 2. The molecule has 2 fully saturated rings. The first-order valence-electron chi connectivity index (χ1n) is 4.75. The van der Waals surface area contributed by atoms with Crippen LogP contribution in [-0.4, -0.2) is 37.8 Å². The summed E-state index contributed by atoms with van der Waals surface area (Å²) in [5.41, 5.74) is 0. The highest BCUT2D eigenvalue weighted by Gasteiger charge is 2.44. The van der Waals surface area contributed by atoms with E-state index < -0.39 is 39.5 Å². The van der Waals surface area contributed by atoms with Crippen LogP contribution in [0, 0.1) is 11.8 Å². The van der Waals surface area contributed by atoms with E-state index in [4.69, 9.17) is 0 Å². The van der Waals surface area contributed by atoms with Crippen molar-refractivity contribution in [2.24, 2.45) is 11.8 Å². The highest BCUT2D eigenvalue weighted by molar-refractivity contribution is 7.91. The molecular formula is C8H10N2O5S. The molecular weight excluding hydrogens is 236 g/mol. The number of sulfone groups is 1. The van der Waals surface area contributed by atoms with Crippen molar-refractivity contribution >= 4 is 27.7 Å². The summed E-state index contributed by atoms with van der Waals surface area (Å²) >= 11 is 0. The molecule has 0 aromatic carbocycles. The third kappa shape index (κ3) is 1.92. The summed E-state index contributed by atoms with van der Waals surface area (Å²) < 4.78 is 22.5. The molecule has 2 aliphatic rings. The third-order valence-electron chi connectivity index (χ3n) is 2.78. The Morgan fingerprint density at radius 3 is 2.06 bits per heavy atom. The van der Waals surface area contributed by atoms with Gasteiger partial charge < -0.3 is 0 Å². The van der Waals surface area contributed by atoms with E-state index in [0.29, 0.717) is 0 Å². The number of hydrogen-bond acceptors (Lipinski definition) is 5. The minimum Gasteiger partial charge on any atom is -0.277 e. The first-order chi connectivity index (χ1) is 7.39. The van der Waals surface area contributed by atoms with E-state index in [2.05, 4.69) is 0 Å². The van der Waals surface area contributed by atoms with Crippen LogP contribution in [0.4, 0.5) is 4.79 Å². The molecule has 0 aromatic rings. The number of rotatable bonds is 1. The molecule has 88 valence electrons. The Morgan fingerprint density at radius 2 is 1.62 bits per heavy atom. The molecule has 2 rings (SSSR count). The summed E-state index contributed by atoms with van der Waals surface area (Å²) in [6.45, 7) is 0. The van der Waals surface area contributed by atoms with Gasteiger partial charge in [-0.1, -0.05) is 0 Å². The van der Waals surface area contributed by atoms with Crippen molar-refractivity contribution in [1.82, 2.24) is 10.6 Å². The van der Waals surface area contributed by atoms with Crippen molar-refractivity contribution in [3.8, 4) is 0 Å². The zero-order chi connectivity index (χ0) is 11.9. The molecule has 2 saturated heterocycles. The van der Waals surface area contributed by atoms with Gasteiger partial charge in [-0.2, -0.15) is 0 Å². The summed E-state index contributed by atoms with van der Waals surface area (Å²) in [5.74, 6) is -3.21. The average molecular weight is 246 g/mol. The second kappa shape index (κ2) is 3.55. The molecule has 2 heterocycles. The lowest BCUT2D eigenvalue weighted by atomic mass is 9.89. The van der Waals surface area contributed by atoms with Gasteiger partial charge in [0.25, 0.3) is 0 Å². The lowest BCUT2D eigenvalue weighted by Gasteiger charge is -2.24. The van der Waals surface area contributed by atoms with Crippen molar-refractivity contribution in [2.75, 3.05) is 11.5 Å². The molecule has 0 aliphatic carbocycles. The largest absolute Gasteiger partial charge is 0.328 e. The van der Waals surface area contributed by atoms with Crippen molar-refractivity contribution in [3.63, 3.8) is 0 Å². The van der Waals surface area contributed by atoms with Crippen molar-refractivity contribution in [3.05, 3.63) is 0 Å². The Bertz CT molecular complexity index is 449. The molecule has 0 unspecified atom stereocenters. The lowest BCUT2D eigenvalue weighted by Crippen LogP contribution is -2.57. The van der Waals surface area contributed by atoms with Gasteiger partial charge in [0.2, 0.25) is 11.8 Å².